The van der Waals surface area contributed by atoms with Gasteiger partial charge in [0.15, 0.2) is 0 Å². The molecular weight excluding hydrogens is 577 g/mol. The third-order valence-electron chi connectivity index (χ3n) is 9.66. The van der Waals surface area contributed by atoms with Crippen LogP contribution in [-0.4, -0.2) is 0 Å². The maximum absolute atomic E-state index is 2.37. The van der Waals surface area contributed by atoms with Crippen molar-refractivity contribution < 1.29 is 0 Å². The van der Waals surface area contributed by atoms with Crippen molar-refractivity contribution in [2.24, 2.45) is 0 Å². The Labute approximate surface area is 281 Å². The molecule has 0 nitrogen and oxygen atoms in total. The first kappa shape index (κ1) is 28.0. The average Bonchev–Trinajstić information content (AvgIpc) is 3.17. The molecule has 9 aromatic carbocycles. The van der Waals surface area contributed by atoms with Crippen LogP contribution in [0, 0.1) is 0 Å². The summed E-state index contributed by atoms with van der Waals surface area (Å²) in [4.78, 5) is 0. The maximum Gasteiger partial charge on any atom is -0.00262 e. The van der Waals surface area contributed by atoms with E-state index < -0.39 is 0 Å². The van der Waals surface area contributed by atoms with Gasteiger partial charge in [0, 0.05) is 0 Å². The summed E-state index contributed by atoms with van der Waals surface area (Å²) in [5.74, 6) is 0. The van der Waals surface area contributed by atoms with E-state index in [1.807, 2.05) is 0 Å². The minimum absolute atomic E-state index is 1.22. The van der Waals surface area contributed by atoms with Crippen LogP contribution < -0.4 is 0 Å². The van der Waals surface area contributed by atoms with Gasteiger partial charge in [0.2, 0.25) is 0 Å². The second kappa shape index (κ2) is 11.8. The zero-order chi connectivity index (χ0) is 31.9. The summed E-state index contributed by atoms with van der Waals surface area (Å²) < 4.78 is 0. The van der Waals surface area contributed by atoms with Gasteiger partial charge in [0.1, 0.15) is 0 Å². The van der Waals surface area contributed by atoms with Crippen molar-refractivity contribution in [1.29, 1.82) is 0 Å². The third kappa shape index (κ3) is 4.78. The summed E-state index contributed by atoms with van der Waals surface area (Å²) >= 11 is 0. The van der Waals surface area contributed by atoms with Crippen LogP contribution in [0.15, 0.2) is 194 Å². The average molecular weight is 609 g/mol. The number of hydrogen-bond donors (Lipinski definition) is 0. The van der Waals surface area contributed by atoms with Crippen LogP contribution in [0.1, 0.15) is 0 Å². The van der Waals surface area contributed by atoms with Crippen molar-refractivity contribution in [3.63, 3.8) is 0 Å². The molecule has 0 fully saturated rings. The molecule has 0 spiro atoms. The topological polar surface area (TPSA) is 0 Å². The van der Waals surface area contributed by atoms with Gasteiger partial charge in [-0.1, -0.05) is 182 Å². The van der Waals surface area contributed by atoms with Gasteiger partial charge >= 0.3 is 0 Å². The van der Waals surface area contributed by atoms with Crippen LogP contribution in [-0.2, 0) is 0 Å². The molecule has 9 aromatic rings. The van der Waals surface area contributed by atoms with Gasteiger partial charge in [0.25, 0.3) is 0 Å². The van der Waals surface area contributed by atoms with Gasteiger partial charge < -0.3 is 0 Å². The molecule has 0 saturated heterocycles. The van der Waals surface area contributed by atoms with E-state index in [0.717, 1.165) is 0 Å². The minimum atomic E-state index is 1.22. The van der Waals surface area contributed by atoms with Gasteiger partial charge in [-0.15, -0.1) is 0 Å². The molecule has 9 rings (SSSR count). The predicted octanol–water partition coefficient (Wildman–Crippen LogP) is 13.5. The van der Waals surface area contributed by atoms with E-state index in [2.05, 4.69) is 194 Å². The zero-order valence-corrected chi connectivity index (χ0v) is 26.5. The van der Waals surface area contributed by atoms with Crippen LogP contribution >= 0.6 is 0 Å². The number of hydrogen-bond acceptors (Lipinski definition) is 0. The van der Waals surface area contributed by atoms with Crippen LogP contribution in [0.2, 0.25) is 0 Å². The predicted molar refractivity (Wildman–Crippen MR) is 206 cm³/mol. The Morgan fingerprint density at radius 1 is 0.208 bits per heavy atom. The van der Waals surface area contributed by atoms with Crippen molar-refractivity contribution >= 4 is 32.3 Å². The largest absolute Gasteiger partial charge is 0.0622 e. The highest BCUT2D eigenvalue weighted by atomic mass is 14.2. The first-order chi connectivity index (χ1) is 23.8. The lowest BCUT2D eigenvalue weighted by Gasteiger charge is -2.18. The minimum Gasteiger partial charge on any atom is -0.0622 e. The molecular formula is C48H32. The van der Waals surface area contributed by atoms with E-state index in [1.54, 1.807) is 0 Å². The lowest BCUT2D eigenvalue weighted by atomic mass is 9.85. The lowest BCUT2D eigenvalue weighted by Crippen LogP contribution is -1.91. The molecule has 0 heterocycles. The first-order valence-electron chi connectivity index (χ1n) is 16.6. The Balaban J connectivity index is 1.19. The fourth-order valence-corrected chi connectivity index (χ4v) is 7.48. The molecule has 0 unspecified atom stereocenters. The highest BCUT2D eigenvalue weighted by Gasteiger charge is 2.17. The van der Waals surface area contributed by atoms with Crippen molar-refractivity contribution in [2.75, 3.05) is 0 Å². The second-order valence-corrected chi connectivity index (χ2v) is 12.4. The summed E-state index contributed by atoms with van der Waals surface area (Å²) in [5, 5.41) is 7.57. The van der Waals surface area contributed by atoms with Crippen LogP contribution in [0.5, 0.6) is 0 Å². The first-order valence-corrected chi connectivity index (χ1v) is 16.6. The molecule has 0 heteroatoms. The summed E-state index contributed by atoms with van der Waals surface area (Å²) in [6.07, 6.45) is 0. The molecule has 0 aliphatic carbocycles. The second-order valence-electron chi connectivity index (χ2n) is 12.4. The van der Waals surface area contributed by atoms with Gasteiger partial charge in [-0.2, -0.15) is 0 Å². The number of fused-ring (bicyclic) bond motifs is 3. The fraction of sp³-hybridized carbons (Fsp3) is 0. The normalized spacial score (nSPS) is 11.3. The van der Waals surface area contributed by atoms with Crippen LogP contribution in [0.4, 0.5) is 0 Å². The number of rotatable bonds is 5. The van der Waals surface area contributed by atoms with E-state index in [-0.39, 0.29) is 0 Å². The van der Waals surface area contributed by atoms with E-state index in [9.17, 15) is 0 Å². The summed E-state index contributed by atoms with van der Waals surface area (Å²) in [7, 11) is 0. The van der Waals surface area contributed by atoms with E-state index >= 15 is 0 Å². The molecule has 0 bridgehead atoms. The summed E-state index contributed by atoms with van der Waals surface area (Å²) in [5.41, 5.74) is 12.5. The summed E-state index contributed by atoms with van der Waals surface area (Å²) in [6.45, 7) is 0. The Bertz CT molecular complexity index is 2540. The van der Waals surface area contributed by atoms with Gasteiger partial charge in [-0.25, -0.2) is 0 Å². The monoisotopic (exact) mass is 608 g/mol. The number of benzene rings is 9. The lowest BCUT2D eigenvalue weighted by molar-refractivity contribution is 1.57. The molecule has 0 atom stereocenters. The van der Waals surface area contributed by atoms with E-state index in [4.69, 9.17) is 0 Å². The Kier molecular flexibility index (Phi) is 6.91. The van der Waals surface area contributed by atoms with Crippen molar-refractivity contribution in [3.05, 3.63) is 194 Å². The van der Waals surface area contributed by atoms with Crippen LogP contribution in [0.3, 0.4) is 0 Å². The SMILES string of the molecule is c1ccc(-c2ccccc2-c2ccccc2-c2ccc3cc(-c4c5ccccc5c(-c5ccccc5)c5ccccc45)ccc3c2)cc1. The highest BCUT2D eigenvalue weighted by molar-refractivity contribution is 6.21. The van der Waals surface area contributed by atoms with Crippen molar-refractivity contribution in [2.45, 2.75) is 0 Å². The molecule has 0 aliphatic rings. The molecule has 0 aromatic heterocycles. The van der Waals surface area contributed by atoms with Crippen molar-refractivity contribution in [3.8, 4) is 55.6 Å². The fourth-order valence-electron chi connectivity index (χ4n) is 7.48. The van der Waals surface area contributed by atoms with E-state index in [0.29, 0.717) is 0 Å². The highest BCUT2D eigenvalue weighted by Crippen LogP contribution is 2.44. The molecule has 0 N–H and O–H groups in total. The zero-order valence-electron chi connectivity index (χ0n) is 26.5. The third-order valence-corrected chi connectivity index (χ3v) is 9.66. The Morgan fingerprint density at radius 3 is 1.08 bits per heavy atom. The summed E-state index contributed by atoms with van der Waals surface area (Å²) in [6, 6.07) is 70.6. The standard InChI is InChI=1S/C48H32/c1-3-15-33(16-4-1)39-19-7-9-21-41(39)42-22-10-8-20-40(42)37-29-27-36-32-38(30-28-35(36)31-37)48-45-25-13-11-23-43(45)47(34-17-5-2-6-18-34)44-24-12-14-26-46(44)48/h1-32H. The van der Waals surface area contributed by atoms with Gasteiger partial charge in [-0.05, 0) is 100 Å². The molecule has 0 radical (unpaired) electrons. The van der Waals surface area contributed by atoms with E-state index in [1.165, 1.54) is 88.0 Å². The quantitative estimate of drug-likeness (QED) is 0.171. The Hall–Kier alpha value is -6.24. The molecule has 224 valence electrons. The molecule has 0 amide bonds. The maximum atomic E-state index is 2.37. The molecule has 48 heavy (non-hydrogen) atoms. The van der Waals surface area contributed by atoms with Crippen LogP contribution in [0.25, 0.3) is 88.0 Å². The van der Waals surface area contributed by atoms with Crippen molar-refractivity contribution in [1.82, 2.24) is 0 Å². The molecule has 0 aliphatic heterocycles. The van der Waals surface area contributed by atoms with Gasteiger partial charge in [0.05, 0.1) is 0 Å². The van der Waals surface area contributed by atoms with Gasteiger partial charge in [-0.3, -0.25) is 0 Å². The smallest absolute Gasteiger partial charge is 0.00262 e. The molecule has 0 saturated carbocycles. The Morgan fingerprint density at radius 2 is 0.562 bits per heavy atom.